The Morgan fingerprint density at radius 2 is 1.48 bits per heavy atom. The summed E-state index contributed by atoms with van der Waals surface area (Å²) in [6.45, 7) is 0.297. The maximum absolute atomic E-state index is 12.9. The van der Waals surface area contributed by atoms with E-state index in [1.165, 1.54) is 12.1 Å². The van der Waals surface area contributed by atoms with E-state index in [9.17, 15) is 27.4 Å². The van der Waals surface area contributed by atoms with Gasteiger partial charge in [0.15, 0.2) is 0 Å². The van der Waals surface area contributed by atoms with Gasteiger partial charge in [0.1, 0.15) is 15.6 Å². The third kappa shape index (κ3) is 5.46. The molecule has 1 aliphatic heterocycles. The highest BCUT2D eigenvalue weighted by Gasteiger charge is 2.37. The Balaban J connectivity index is 1.25. The molecule has 4 aromatic rings. The fraction of sp³-hybridized carbons (Fsp3) is 0.0690. The van der Waals surface area contributed by atoms with E-state index in [2.05, 4.69) is 10.6 Å². The van der Waals surface area contributed by atoms with Gasteiger partial charge in [-0.1, -0.05) is 78.3 Å². The number of hydrogen-bond donors (Lipinski definition) is 3. The van der Waals surface area contributed by atoms with Crippen LogP contribution in [0.2, 0.25) is 0 Å². The molecule has 1 heterocycles. The minimum atomic E-state index is -4.44. The molecule has 0 saturated carbocycles. The van der Waals surface area contributed by atoms with Crippen LogP contribution < -0.4 is 10.6 Å². The molecule has 1 aliphatic rings. The first-order chi connectivity index (χ1) is 19.1. The van der Waals surface area contributed by atoms with Crippen LogP contribution in [-0.2, 0) is 32.8 Å². The van der Waals surface area contributed by atoms with Gasteiger partial charge in [-0.3, -0.25) is 23.8 Å². The van der Waals surface area contributed by atoms with Gasteiger partial charge in [-0.25, -0.2) is 0 Å². The topological polar surface area (TPSA) is 133 Å². The Bertz CT molecular complexity index is 1790. The highest BCUT2D eigenvalue weighted by Crippen LogP contribution is 2.29. The maximum atomic E-state index is 12.9. The van der Waals surface area contributed by atoms with Gasteiger partial charge in [0.25, 0.3) is 27.8 Å². The number of hydrogen-bond acceptors (Lipinski definition) is 6. The molecule has 3 amide bonds. The van der Waals surface area contributed by atoms with E-state index < -0.39 is 27.8 Å². The number of benzene rings is 4. The van der Waals surface area contributed by atoms with Crippen LogP contribution in [0, 0.1) is 0 Å². The lowest BCUT2D eigenvalue weighted by Crippen LogP contribution is -2.33. The van der Waals surface area contributed by atoms with E-state index >= 15 is 0 Å². The molecular weight excluding hydrogens is 554 g/mol. The molecule has 0 spiro atoms. The number of nitrogens with zero attached hydrogens (tertiary/aromatic N) is 1. The molecule has 0 aliphatic carbocycles. The van der Waals surface area contributed by atoms with Gasteiger partial charge >= 0.3 is 0 Å². The van der Waals surface area contributed by atoms with Crippen molar-refractivity contribution in [1.82, 2.24) is 10.2 Å². The summed E-state index contributed by atoms with van der Waals surface area (Å²) in [5.74, 6) is -1.51. The fourth-order valence-corrected chi connectivity index (χ4v) is 5.34. The van der Waals surface area contributed by atoms with E-state index in [0.717, 1.165) is 16.0 Å². The minimum Gasteiger partial charge on any atom is -0.375 e. The molecule has 4 aromatic carbocycles. The van der Waals surface area contributed by atoms with Crippen molar-refractivity contribution < 1.29 is 27.4 Å². The summed E-state index contributed by atoms with van der Waals surface area (Å²) in [7, 11) is -4.44. The summed E-state index contributed by atoms with van der Waals surface area (Å²) in [6, 6.07) is 24.9. The second-order valence-corrected chi connectivity index (χ2v) is 10.8. The molecule has 3 N–H and O–H groups in total. The fourth-order valence-electron chi connectivity index (χ4n) is 4.38. The summed E-state index contributed by atoms with van der Waals surface area (Å²) in [5, 5.41) is 6.26. The van der Waals surface area contributed by atoms with Crippen LogP contribution in [0.5, 0.6) is 0 Å². The number of carbonyl (C=O) groups is 3. The van der Waals surface area contributed by atoms with Crippen LogP contribution in [0.15, 0.2) is 107 Å². The highest BCUT2D eigenvalue weighted by atomic mass is 35.5. The van der Waals surface area contributed by atoms with Crippen molar-refractivity contribution in [2.75, 3.05) is 5.32 Å². The number of rotatable bonds is 8. The van der Waals surface area contributed by atoms with Crippen molar-refractivity contribution in [3.63, 3.8) is 0 Å². The summed E-state index contributed by atoms with van der Waals surface area (Å²) < 4.78 is 33.0. The van der Waals surface area contributed by atoms with E-state index in [-0.39, 0.29) is 34.1 Å². The summed E-state index contributed by atoms with van der Waals surface area (Å²) in [6.07, 6.45) is 0. The van der Waals surface area contributed by atoms with E-state index in [1.54, 1.807) is 48.5 Å². The molecule has 40 heavy (non-hydrogen) atoms. The van der Waals surface area contributed by atoms with Gasteiger partial charge in [-0.05, 0) is 35.4 Å². The van der Waals surface area contributed by atoms with Gasteiger partial charge in [0.2, 0.25) is 0 Å². The number of imide groups is 1. The molecule has 0 saturated heterocycles. The van der Waals surface area contributed by atoms with Crippen molar-refractivity contribution in [2.24, 2.45) is 0 Å². The molecular formula is C29H22ClN3O6S. The highest BCUT2D eigenvalue weighted by molar-refractivity contribution is 7.86. The minimum absolute atomic E-state index is 0.0182. The van der Waals surface area contributed by atoms with Crippen molar-refractivity contribution in [3.8, 4) is 0 Å². The summed E-state index contributed by atoms with van der Waals surface area (Å²) in [4.78, 5) is 39.1. The van der Waals surface area contributed by atoms with Crippen molar-refractivity contribution >= 4 is 55.9 Å². The number of fused-ring (bicyclic) bond motifs is 1. The molecule has 5 rings (SSSR count). The van der Waals surface area contributed by atoms with Crippen molar-refractivity contribution in [3.05, 3.63) is 118 Å². The molecule has 0 aromatic heterocycles. The zero-order chi connectivity index (χ0) is 28.4. The first-order valence-corrected chi connectivity index (χ1v) is 13.9. The lowest BCUT2D eigenvalue weighted by molar-refractivity contribution is -0.138. The van der Waals surface area contributed by atoms with Crippen LogP contribution >= 0.6 is 11.6 Å². The molecule has 9 nitrogen and oxygen atoms in total. The summed E-state index contributed by atoms with van der Waals surface area (Å²) in [5.41, 5.74) is 2.27. The van der Waals surface area contributed by atoms with Gasteiger partial charge in [0, 0.05) is 28.6 Å². The molecule has 0 bridgehead atoms. The van der Waals surface area contributed by atoms with Crippen molar-refractivity contribution in [1.29, 1.82) is 0 Å². The van der Waals surface area contributed by atoms with Crippen LogP contribution in [0.1, 0.15) is 21.5 Å². The van der Waals surface area contributed by atoms with Gasteiger partial charge < -0.3 is 10.6 Å². The Morgan fingerprint density at radius 3 is 2.17 bits per heavy atom. The Morgan fingerprint density at radius 1 is 0.800 bits per heavy atom. The Kier molecular flexibility index (Phi) is 7.40. The van der Waals surface area contributed by atoms with Crippen LogP contribution in [0.3, 0.4) is 0 Å². The lowest BCUT2D eigenvalue weighted by atomic mass is 10.1. The average Bonchev–Trinajstić information content (AvgIpc) is 3.14. The number of halogens is 1. The smallest absolute Gasteiger partial charge is 0.295 e. The second kappa shape index (κ2) is 10.9. The zero-order valence-electron chi connectivity index (χ0n) is 20.8. The number of nitrogens with one attached hydrogen (secondary N) is 2. The third-order valence-corrected chi connectivity index (χ3v) is 7.65. The number of anilines is 1. The average molecular weight is 576 g/mol. The number of carbonyl (C=O) groups excluding carboxylic acids is 3. The molecule has 0 fully saturated rings. The first-order valence-electron chi connectivity index (χ1n) is 12.1. The molecule has 0 radical (unpaired) electrons. The Labute approximate surface area is 234 Å². The van der Waals surface area contributed by atoms with Gasteiger partial charge in [0.05, 0.1) is 6.54 Å². The SMILES string of the molecule is O=C(Nc1cccc2c(S(=O)(=O)O)cccc12)c1ccc(CNC2=C(Cl)C(=O)N(Cc3ccccc3)C2=O)cc1. The molecule has 0 unspecified atom stereocenters. The predicted octanol–water partition coefficient (Wildman–Crippen LogP) is 4.45. The van der Waals surface area contributed by atoms with E-state index in [1.807, 2.05) is 30.3 Å². The summed E-state index contributed by atoms with van der Waals surface area (Å²) >= 11 is 6.18. The van der Waals surface area contributed by atoms with Gasteiger partial charge in [-0.15, -0.1) is 0 Å². The normalized spacial score (nSPS) is 13.7. The molecule has 11 heteroatoms. The maximum Gasteiger partial charge on any atom is 0.295 e. The second-order valence-electron chi connectivity index (χ2n) is 9.01. The first kappa shape index (κ1) is 27.1. The standard InChI is InChI=1S/C29H22ClN3O6S/c30-25-26(29(36)33(28(25)35)17-19-6-2-1-3-7-19)31-16-18-12-14-20(15-13-18)27(34)32-23-10-4-9-22-21(23)8-5-11-24(22)40(37,38)39/h1-15,31H,16-17H2,(H,32,34)(H,37,38,39). The quantitative estimate of drug-likeness (QED) is 0.209. The predicted molar refractivity (Wildman–Crippen MR) is 150 cm³/mol. The lowest BCUT2D eigenvalue weighted by Gasteiger charge is -2.15. The Hall–Kier alpha value is -4.51. The monoisotopic (exact) mass is 575 g/mol. The number of amides is 3. The van der Waals surface area contributed by atoms with Crippen LogP contribution in [0.25, 0.3) is 10.8 Å². The van der Waals surface area contributed by atoms with E-state index in [0.29, 0.717) is 16.6 Å². The molecule has 202 valence electrons. The molecule has 0 atom stereocenters. The third-order valence-electron chi connectivity index (χ3n) is 6.39. The van der Waals surface area contributed by atoms with Crippen LogP contribution in [0.4, 0.5) is 5.69 Å². The zero-order valence-corrected chi connectivity index (χ0v) is 22.4. The van der Waals surface area contributed by atoms with Crippen molar-refractivity contribution in [2.45, 2.75) is 18.0 Å². The van der Waals surface area contributed by atoms with Gasteiger partial charge in [-0.2, -0.15) is 8.42 Å². The largest absolute Gasteiger partial charge is 0.375 e. The van der Waals surface area contributed by atoms with Crippen LogP contribution in [-0.4, -0.2) is 35.6 Å². The van der Waals surface area contributed by atoms with E-state index in [4.69, 9.17) is 11.6 Å².